The molecule has 3 aromatic rings. The molecule has 2 aliphatic rings. The lowest BCUT2D eigenvalue weighted by Gasteiger charge is -2.55. The van der Waals surface area contributed by atoms with Crippen molar-refractivity contribution in [2.75, 3.05) is 0 Å². The third-order valence-corrected chi connectivity index (χ3v) is 13.0. The average Bonchev–Trinajstić information content (AvgIpc) is 3.05. The maximum Gasteiger partial charge on any atom is 0.127 e. The number of benzene rings is 3. The first kappa shape index (κ1) is 44.9. The summed E-state index contributed by atoms with van der Waals surface area (Å²) in [5.41, 5.74) is 4.12. The number of para-hydroxylation sites is 2. The molecular weight excluding hydrogens is 713 g/mol. The first-order chi connectivity index (χ1) is 26.3. The average molecular weight is 787 g/mol. The Bertz CT molecular complexity index is 2180. The third kappa shape index (κ3) is 7.15. The molecule has 0 saturated heterocycles. The molecule has 0 amide bonds. The van der Waals surface area contributed by atoms with Crippen LogP contribution in [-0.2, 0) is 10.8 Å². The van der Waals surface area contributed by atoms with Gasteiger partial charge in [-0.2, -0.15) is 0 Å². The highest BCUT2D eigenvalue weighted by Crippen LogP contribution is 2.66. The van der Waals surface area contributed by atoms with Crippen LogP contribution >= 0.6 is 0 Å². The predicted octanol–water partition coefficient (Wildman–Crippen LogP) is 14.6. The number of phenolic OH excluding ortho intramolecular Hbond substituents is 4. The summed E-state index contributed by atoms with van der Waals surface area (Å²) < 4.78 is 0. The Morgan fingerprint density at radius 3 is 1.12 bits per heavy atom. The van der Waals surface area contributed by atoms with E-state index in [4.69, 9.17) is 0 Å². The number of hydrogen-bond acceptors (Lipinski definition) is 4. The van der Waals surface area contributed by atoms with E-state index in [1.165, 1.54) is 16.7 Å². The summed E-state index contributed by atoms with van der Waals surface area (Å²) in [4.78, 5) is 0. The molecule has 4 unspecified atom stereocenters. The van der Waals surface area contributed by atoms with Crippen LogP contribution in [0.5, 0.6) is 23.0 Å². The van der Waals surface area contributed by atoms with Crippen LogP contribution in [0, 0.1) is 32.5 Å². The van der Waals surface area contributed by atoms with Gasteiger partial charge in [0.1, 0.15) is 23.0 Å². The van der Waals surface area contributed by atoms with Gasteiger partial charge in [-0.1, -0.05) is 203 Å². The highest BCUT2D eigenvalue weighted by molar-refractivity contribution is 5.67. The lowest BCUT2D eigenvalue weighted by atomic mass is 9.48. The van der Waals surface area contributed by atoms with Gasteiger partial charge in [0.15, 0.2) is 0 Å². The van der Waals surface area contributed by atoms with E-state index in [-0.39, 0.29) is 56.0 Å². The van der Waals surface area contributed by atoms with Crippen molar-refractivity contribution in [2.45, 2.75) is 147 Å². The minimum absolute atomic E-state index is 0.0482. The number of hydrogen-bond donors (Lipinski definition) is 4. The van der Waals surface area contributed by atoms with E-state index >= 15 is 0 Å². The molecule has 0 radical (unpaired) electrons. The summed E-state index contributed by atoms with van der Waals surface area (Å²) in [5, 5.41) is 48.2. The van der Waals surface area contributed by atoms with Crippen molar-refractivity contribution in [1.29, 1.82) is 0 Å². The standard InChI is InChI=1S/C54H74O4/c1-47(2,3)42-33(29-31-53(51(13,14)15,45(42)49(7,8)9)36-23-19-21-25-38(36)55)34-27-28-40(57)41(44(34)58)35-30-32-54(52(16,17)18,37-24-20-22-26-39(37)56)46(50(10,11)12)43(35)48(4,5)6/h19-33,35,55-58H,1-18H3. The summed E-state index contributed by atoms with van der Waals surface area (Å²) in [6.07, 6.45) is 8.95. The normalized spacial score (nSPS) is 23.8. The molecule has 0 aromatic heterocycles. The predicted molar refractivity (Wildman–Crippen MR) is 244 cm³/mol. The molecular formula is C54H74O4. The van der Waals surface area contributed by atoms with E-state index in [1.54, 1.807) is 18.2 Å². The van der Waals surface area contributed by atoms with Crippen molar-refractivity contribution < 1.29 is 20.4 Å². The van der Waals surface area contributed by atoms with E-state index < -0.39 is 22.2 Å². The lowest BCUT2D eigenvalue weighted by molar-refractivity contribution is 0.219. The first-order valence-electron chi connectivity index (χ1n) is 21.3. The molecule has 3 aromatic carbocycles. The molecule has 4 N–H and O–H groups in total. The maximum atomic E-state index is 13.0. The Morgan fingerprint density at radius 1 is 0.414 bits per heavy atom. The molecule has 0 fully saturated rings. The molecule has 5 rings (SSSR count). The van der Waals surface area contributed by atoms with Crippen LogP contribution in [0.2, 0.25) is 0 Å². The summed E-state index contributed by atoms with van der Waals surface area (Å²) >= 11 is 0. The molecule has 4 nitrogen and oxygen atoms in total. The SMILES string of the molecule is CC(C)(C)C1=C(C(C)(C)C)C(c2ccccc2O)(C(C)(C)C)C=CC1c1ccc(O)c(C2C=CC(c3ccccc3O)(C(C)(C)C)C(C(C)(C)C)=C2C(C)(C)C)c1O. The smallest absolute Gasteiger partial charge is 0.127 e. The van der Waals surface area contributed by atoms with Crippen LogP contribution in [0.3, 0.4) is 0 Å². The highest BCUT2D eigenvalue weighted by atomic mass is 16.3. The summed E-state index contributed by atoms with van der Waals surface area (Å²) in [6.45, 7) is 40.4. The number of aromatic hydroxyl groups is 4. The molecule has 2 aliphatic carbocycles. The van der Waals surface area contributed by atoms with E-state index in [2.05, 4.69) is 155 Å². The monoisotopic (exact) mass is 787 g/mol. The Morgan fingerprint density at radius 2 is 0.776 bits per heavy atom. The topological polar surface area (TPSA) is 80.9 Å². The van der Waals surface area contributed by atoms with Crippen LogP contribution in [0.25, 0.3) is 0 Å². The molecule has 314 valence electrons. The molecule has 0 spiro atoms. The van der Waals surface area contributed by atoms with Gasteiger partial charge in [-0.15, -0.1) is 0 Å². The van der Waals surface area contributed by atoms with Gasteiger partial charge < -0.3 is 20.4 Å². The van der Waals surface area contributed by atoms with Crippen molar-refractivity contribution in [3.8, 4) is 23.0 Å². The second-order valence-electron chi connectivity index (χ2n) is 23.3. The largest absolute Gasteiger partial charge is 0.508 e. The summed E-state index contributed by atoms with van der Waals surface area (Å²) in [7, 11) is 0. The van der Waals surface area contributed by atoms with Crippen LogP contribution in [0.1, 0.15) is 159 Å². The molecule has 0 heterocycles. The highest BCUT2D eigenvalue weighted by Gasteiger charge is 2.56. The zero-order chi connectivity index (χ0) is 44.0. The van der Waals surface area contributed by atoms with Crippen molar-refractivity contribution in [1.82, 2.24) is 0 Å². The van der Waals surface area contributed by atoms with E-state index in [1.807, 2.05) is 36.4 Å². The van der Waals surface area contributed by atoms with Gasteiger partial charge in [0, 0.05) is 44.9 Å². The van der Waals surface area contributed by atoms with Gasteiger partial charge in [-0.25, -0.2) is 0 Å². The Hall–Kier alpha value is -4.18. The second kappa shape index (κ2) is 14.2. The number of rotatable bonds is 4. The molecule has 0 aliphatic heterocycles. The van der Waals surface area contributed by atoms with Crippen LogP contribution in [-0.4, -0.2) is 20.4 Å². The molecule has 0 saturated carbocycles. The zero-order valence-electron chi connectivity index (χ0n) is 39.0. The fourth-order valence-electron chi connectivity index (χ4n) is 11.0. The molecule has 4 heteroatoms. The minimum atomic E-state index is -0.701. The van der Waals surface area contributed by atoms with Crippen molar-refractivity contribution in [3.63, 3.8) is 0 Å². The van der Waals surface area contributed by atoms with Gasteiger partial charge in [-0.05, 0) is 61.8 Å². The Labute approximate surface area is 351 Å². The molecule has 58 heavy (non-hydrogen) atoms. The maximum absolute atomic E-state index is 13.0. The Kier molecular flexibility index (Phi) is 11.0. The minimum Gasteiger partial charge on any atom is -0.508 e. The number of allylic oxidation sites excluding steroid dienone is 8. The van der Waals surface area contributed by atoms with E-state index in [0.29, 0.717) is 5.56 Å². The van der Waals surface area contributed by atoms with Gasteiger partial charge in [0.2, 0.25) is 0 Å². The lowest BCUT2D eigenvalue weighted by Crippen LogP contribution is -2.48. The van der Waals surface area contributed by atoms with Gasteiger partial charge in [0.25, 0.3) is 0 Å². The van der Waals surface area contributed by atoms with Gasteiger partial charge >= 0.3 is 0 Å². The van der Waals surface area contributed by atoms with Crippen LogP contribution in [0.15, 0.2) is 107 Å². The third-order valence-electron chi connectivity index (χ3n) is 13.0. The molecule has 0 bridgehead atoms. The summed E-state index contributed by atoms with van der Waals surface area (Å²) in [5.74, 6) is -0.124. The Balaban J connectivity index is 1.92. The molecule has 4 atom stereocenters. The van der Waals surface area contributed by atoms with Crippen molar-refractivity contribution in [3.05, 3.63) is 130 Å². The van der Waals surface area contributed by atoms with Gasteiger partial charge in [-0.3, -0.25) is 0 Å². The van der Waals surface area contributed by atoms with Crippen LogP contribution < -0.4 is 0 Å². The second-order valence-corrected chi connectivity index (χ2v) is 23.3. The summed E-state index contributed by atoms with van der Waals surface area (Å²) in [6, 6.07) is 19.1. The zero-order valence-corrected chi connectivity index (χ0v) is 39.0. The van der Waals surface area contributed by atoms with E-state index in [0.717, 1.165) is 22.3 Å². The van der Waals surface area contributed by atoms with Crippen molar-refractivity contribution in [2.24, 2.45) is 32.5 Å². The fraction of sp³-hybridized carbons (Fsp3) is 0.519. The van der Waals surface area contributed by atoms with Crippen molar-refractivity contribution >= 4 is 0 Å². The first-order valence-corrected chi connectivity index (χ1v) is 21.3. The van der Waals surface area contributed by atoms with Gasteiger partial charge in [0.05, 0.1) is 0 Å². The van der Waals surface area contributed by atoms with Crippen LogP contribution in [0.4, 0.5) is 0 Å². The quantitative estimate of drug-likeness (QED) is 0.199. The number of phenols is 4. The van der Waals surface area contributed by atoms with E-state index in [9.17, 15) is 20.4 Å². The fourth-order valence-corrected chi connectivity index (χ4v) is 11.0.